The van der Waals surface area contributed by atoms with E-state index in [0.717, 1.165) is 19.1 Å². The third kappa shape index (κ3) is 17.8. The molecule has 126 valence electrons. The highest BCUT2D eigenvalue weighted by molar-refractivity contribution is 4.64. The Bertz CT molecular complexity index is 143. The molecule has 1 aliphatic rings. The van der Waals surface area contributed by atoms with Gasteiger partial charge in [-0.3, -0.25) is 0 Å². The minimum atomic E-state index is 0. The Labute approximate surface area is 126 Å². The average Bonchev–Trinajstić information content (AvgIpc) is 2.42. The van der Waals surface area contributed by atoms with Crippen molar-refractivity contribution in [3.63, 3.8) is 0 Å². The minimum Gasteiger partial charge on any atom is -0.394 e. The van der Waals surface area contributed by atoms with Crippen molar-refractivity contribution in [3.8, 4) is 0 Å². The van der Waals surface area contributed by atoms with Crippen LogP contribution in [0.2, 0.25) is 0 Å². The van der Waals surface area contributed by atoms with Crippen LogP contribution in [0.1, 0.15) is 53.9 Å². The predicted molar refractivity (Wildman–Crippen MR) is 86.3 cm³/mol. The lowest BCUT2D eigenvalue weighted by atomic mass is 9.90. The predicted octanol–water partition coefficient (Wildman–Crippen LogP) is 3.52. The highest BCUT2D eigenvalue weighted by atomic mass is 16.5. The van der Waals surface area contributed by atoms with E-state index < -0.39 is 0 Å². The van der Waals surface area contributed by atoms with Gasteiger partial charge in [-0.2, -0.15) is 0 Å². The van der Waals surface area contributed by atoms with Crippen molar-refractivity contribution in [2.75, 3.05) is 46.8 Å². The van der Waals surface area contributed by atoms with Crippen molar-refractivity contribution >= 4 is 0 Å². The maximum absolute atomic E-state index is 8.47. The summed E-state index contributed by atoms with van der Waals surface area (Å²) in [6.45, 7) is 5.70. The van der Waals surface area contributed by atoms with E-state index in [0.29, 0.717) is 19.8 Å². The molecular formula is C16H38O4. The van der Waals surface area contributed by atoms with Gasteiger partial charge in [0.25, 0.3) is 0 Å². The second-order valence-corrected chi connectivity index (χ2v) is 4.49. The van der Waals surface area contributed by atoms with Crippen molar-refractivity contribution in [1.82, 2.24) is 0 Å². The summed E-state index contributed by atoms with van der Waals surface area (Å²) in [5.74, 6) is 0.773. The molecule has 1 N–H and O–H groups in total. The zero-order valence-electron chi connectivity index (χ0n) is 12.0. The summed E-state index contributed by atoms with van der Waals surface area (Å²) >= 11 is 0. The van der Waals surface area contributed by atoms with Crippen molar-refractivity contribution in [3.05, 3.63) is 0 Å². The van der Waals surface area contributed by atoms with Crippen molar-refractivity contribution in [1.29, 1.82) is 0 Å². The van der Waals surface area contributed by atoms with Crippen LogP contribution in [0.4, 0.5) is 0 Å². The fourth-order valence-corrected chi connectivity index (χ4v) is 1.95. The van der Waals surface area contributed by atoms with E-state index in [2.05, 4.69) is 0 Å². The van der Waals surface area contributed by atoms with Crippen LogP contribution in [0, 0.1) is 5.92 Å². The lowest BCUT2D eigenvalue weighted by molar-refractivity contribution is 0.0580. The average molecular weight is 294 g/mol. The Kier molecular flexibility index (Phi) is 26.3. The van der Waals surface area contributed by atoms with E-state index in [1.807, 2.05) is 6.92 Å². The van der Waals surface area contributed by atoms with Crippen LogP contribution in [-0.2, 0) is 14.2 Å². The van der Waals surface area contributed by atoms with Gasteiger partial charge in [0.2, 0.25) is 0 Å². The summed E-state index contributed by atoms with van der Waals surface area (Å²) in [6.07, 6.45) is 6.79. The lowest BCUT2D eigenvalue weighted by Gasteiger charge is -2.20. The molecular weight excluding hydrogens is 256 g/mol. The van der Waals surface area contributed by atoms with Gasteiger partial charge in [0.05, 0.1) is 26.4 Å². The van der Waals surface area contributed by atoms with Gasteiger partial charge in [-0.15, -0.1) is 0 Å². The SMILES string of the molecule is C.C.CCOCCOC.OCCOCC1CCCCC1. The van der Waals surface area contributed by atoms with Crippen LogP contribution in [0.3, 0.4) is 0 Å². The topological polar surface area (TPSA) is 47.9 Å². The first kappa shape index (κ1) is 24.8. The van der Waals surface area contributed by atoms with Gasteiger partial charge in [0.15, 0.2) is 0 Å². The number of aliphatic hydroxyl groups excluding tert-OH is 1. The highest BCUT2D eigenvalue weighted by Crippen LogP contribution is 2.23. The van der Waals surface area contributed by atoms with Gasteiger partial charge in [-0.05, 0) is 25.7 Å². The first-order valence-electron chi connectivity index (χ1n) is 7.10. The molecule has 0 bridgehead atoms. The van der Waals surface area contributed by atoms with Gasteiger partial charge in [-0.1, -0.05) is 34.1 Å². The highest BCUT2D eigenvalue weighted by Gasteiger charge is 2.12. The summed E-state index contributed by atoms with van der Waals surface area (Å²) in [5.41, 5.74) is 0. The molecule has 0 aromatic carbocycles. The number of ether oxygens (including phenoxy) is 3. The quantitative estimate of drug-likeness (QED) is 0.696. The smallest absolute Gasteiger partial charge is 0.0700 e. The molecule has 1 fully saturated rings. The summed E-state index contributed by atoms with van der Waals surface area (Å²) in [5, 5.41) is 8.47. The van der Waals surface area contributed by atoms with E-state index in [1.165, 1.54) is 32.1 Å². The van der Waals surface area contributed by atoms with E-state index in [4.69, 9.17) is 19.3 Å². The maximum atomic E-state index is 8.47. The van der Waals surface area contributed by atoms with Crippen molar-refractivity contribution < 1.29 is 19.3 Å². The zero-order valence-corrected chi connectivity index (χ0v) is 12.0. The molecule has 0 radical (unpaired) electrons. The fourth-order valence-electron chi connectivity index (χ4n) is 1.95. The molecule has 0 amide bonds. The molecule has 0 heterocycles. The van der Waals surface area contributed by atoms with E-state index in [-0.39, 0.29) is 21.5 Å². The van der Waals surface area contributed by atoms with Crippen LogP contribution >= 0.6 is 0 Å². The van der Waals surface area contributed by atoms with E-state index in [9.17, 15) is 0 Å². The van der Waals surface area contributed by atoms with Gasteiger partial charge in [0, 0.05) is 20.3 Å². The molecule has 0 atom stereocenters. The Morgan fingerprint density at radius 3 is 2.10 bits per heavy atom. The molecule has 1 rings (SSSR count). The first-order chi connectivity index (χ1) is 8.85. The molecule has 1 saturated carbocycles. The van der Waals surface area contributed by atoms with E-state index >= 15 is 0 Å². The normalized spacial score (nSPS) is 14.6. The molecule has 0 spiro atoms. The Morgan fingerprint density at radius 2 is 1.60 bits per heavy atom. The molecule has 0 saturated heterocycles. The van der Waals surface area contributed by atoms with Crippen LogP contribution < -0.4 is 0 Å². The number of hydrogen-bond acceptors (Lipinski definition) is 4. The van der Waals surface area contributed by atoms with Gasteiger partial charge in [-0.25, -0.2) is 0 Å². The van der Waals surface area contributed by atoms with E-state index in [1.54, 1.807) is 7.11 Å². The number of aliphatic hydroxyl groups is 1. The standard InChI is InChI=1S/C9H18O2.C5H12O2.2CH4/c10-6-7-11-8-9-4-2-1-3-5-9;1-3-7-5-4-6-2;;/h9-10H,1-8H2;3-5H2,1-2H3;2*1H4. The molecule has 4 nitrogen and oxygen atoms in total. The minimum absolute atomic E-state index is 0. The first-order valence-corrected chi connectivity index (χ1v) is 7.10. The third-order valence-electron chi connectivity index (χ3n) is 2.95. The number of rotatable bonds is 8. The Hall–Kier alpha value is -0.160. The number of hydrogen-bond donors (Lipinski definition) is 1. The van der Waals surface area contributed by atoms with Gasteiger partial charge >= 0.3 is 0 Å². The van der Waals surface area contributed by atoms with Crippen LogP contribution in [0.5, 0.6) is 0 Å². The maximum Gasteiger partial charge on any atom is 0.0700 e. The van der Waals surface area contributed by atoms with Crippen molar-refractivity contribution in [2.45, 2.75) is 53.9 Å². The molecule has 0 aromatic rings. The Morgan fingerprint density at radius 1 is 0.950 bits per heavy atom. The number of methoxy groups -OCH3 is 1. The second-order valence-electron chi connectivity index (χ2n) is 4.49. The molecule has 0 unspecified atom stereocenters. The zero-order chi connectivity index (χ0) is 13.5. The molecule has 0 aliphatic heterocycles. The third-order valence-corrected chi connectivity index (χ3v) is 2.95. The van der Waals surface area contributed by atoms with Gasteiger partial charge in [0.1, 0.15) is 0 Å². The summed E-state index contributed by atoms with van der Waals surface area (Å²) in [4.78, 5) is 0. The lowest BCUT2D eigenvalue weighted by Crippen LogP contribution is -2.14. The summed E-state index contributed by atoms with van der Waals surface area (Å²) < 4.78 is 14.9. The summed E-state index contributed by atoms with van der Waals surface area (Å²) in [7, 11) is 1.67. The monoisotopic (exact) mass is 294 g/mol. The summed E-state index contributed by atoms with van der Waals surface area (Å²) in [6, 6.07) is 0. The second kappa shape index (κ2) is 21.1. The van der Waals surface area contributed by atoms with Crippen LogP contribution in [-0.4, -0.2) is 51.9 Å². The Balaban J connectivity index is -0.000000286. The molecule has 0 aromatic heterocycles. The van der Waals surface area contributed by atoms with Crippen molar-refractivity contribution in [2.24, 2.45) is 5.92 Å². The van der Waals surface area contributed by atoms with Gasteiger partial charge < -0.3 is 19.3 Å². The molecule has 1 aliphatic carbocycles. The van der Waals surface area contributed by atoms with Crippen LogP contribution in [0.15, 0.2) is 0 Å². The fraction of sp³-hybridized carbons (Fsp3) is 1.00. The molecule has 4 heteroatoms. The van der Waals surface area contributed by atoms with Crippen LogP contribution in [0.25, 0.3) is 0 Å². The largest absolute Gasteiger partial charge is 0.394 e. The molecule has 20 heavy (non-hydrogen) atoms.